The minimum absolute atomic E-state index is 0.213. The highest BCUT2D eigenvalue weighted by Crippen LogP contribution is 2.24. The fourth-order valence-corrected chi connectivity index (χ4v) is 1.80. The van der Waals surface area contributed by atoms with Crippen molar-refractivity contribution in [3.05, 3.63) is 0 Å². The van der Waals surface area contributed by atoms with E-state index in [4.69, 9.17) is 0 Å². The van der Waals surface area contributed by atoms with Gasteiger partial charge in [0.1, 0.15) is 0 Å². The zero-order valence-corrected chi connectivity index (χ0v) is 11.1. The second-order valence-electron chi connectivity index (χ2n) is 6.13. The van der Waals surface area contributed by atoms with Gasteiger partial charge >= 0.3 is 0 Å². The number of hydrogen-bond acceptors (Lipinski definition) is 2. The van der Waals surface area contributed by atoms with Crippen LogP contribution in [0.25, 0.3) is 0 Å². The quantitative estimate of drug-likeness (QED) is 0.767. The van der Waals surface area contributed by atoms with Crippen LogP contribution in [-0.2, 0) is 4.79 Å². The molecule has 0 aromatic carbocycles. The fraction of sp³-hybridized carbons (Fsp3) is 0.923. The second-order valence-corrected chi connectivity index (χ2v) is 6.13. The van der Waals surface area contributed by atoms with Crippen LogP contribution in [-0.4, -0.2) is 25.5 Å². The van der Waals surface area contributed by atoms with Crippen molar-refractivity contribution in [3.63, 3.8) is 0 Å². The highest BCUT2D eigenvalue weighted by atomic mass is 16.1. The van der Waals surface area contributed by atoms with E-state index in [0.29, 0.717) is 18.3 Å². The van der Waals surface area contributed by atoms with E-state index in [1.54, 1.807) is 0 Å². The Balaban J connectivity index is 2.19. The lowest BCUT2D eigenvalue weighted by Gasteiger charge is -2.27. The van der Waals surface area contributed by atoms with Gasteiger partial charge in [0, 0.05) is 13.0 Å². The lowest BCUT2D eigenvalue weighted by Crippen LogP contribution is -2.34. The molecule has 1 aliphatic rings. The molecule has 0 aromatic rings. The molecule has 3 heteroatoms. The molecule has 1 aliphatic heterocycles. The first-order chi connectivity index (χ1) is 7.39. The molecule has 0 aliphatic carbocycles. The van der Waals surface area contributed by atoms with Crippen LogP contribution in [0.4, 0.5) is 0 Å². The summed E-state index contributed by atoms with van der Waals surface area (Å²) < 4.78 is 0. The molecule has 1 amide bonds. The predicted octanol–water partition coefficient (Wildman–Crippen LogP) is 1.78. The molecule has 1 saturated heterocycles. The van der Waals surface area contributed by atoms with Crippen molar-refractivity contribution < 1.29 is 4.79 Å². The Hall–Kier alpha value is -0.570. The Kier molecular flexibility index (Phi) is 4.78. The monoisotopic (exact) mass is 226 g/mol. The molecule has 1 fully saturated rings. The normalized spacial score (nSPS) is 23.1. The summed E-state index contributed by atoms with van der Waals surface area (Å²) in [5, 5.41) is 6.34. The van der Waals surface area contributed by atoms with E-state index < -0.39 is 0 Å². The lowest BCUT2D eigenvalue weighted by atomic mass is 9.82. The molecule has 3 nitrogen and oxygen atoms in total. The van der Waals surface area contributed by atoms with Crippen molar-refractivity contribution in [2.75, 3.05) is 19.6 Å². The summed E-state index contributed by atoms with van der Waals surface area (Å²) in [5.41, 5.74) is 0.266. The van der Waals surface area contributed by atoms with E-state index >= 15 is 0 Å². The largest absolute Gasteiger partial charge is 0.356 e. The summed E-state index contributed by atoms with van der Waals surface area (Å²) in [6.45, 7) is 11.7. The predicted molar refractivity (Wildman–Crippen MR) is 67.2 cm³/mol. The summed E-state index contributed by atoms with van der Waals surface area (Å²) >= 11 is 0. The Bertz CT molecular complexity index is 227. The molecule has 1 rings (SSSR count). The summed E-state index contributed by atoms with van der Waals surface area (Å²) in [5.74, 6) is 1.27. The van der Waals surface area contributed by atoms with Crippen LogP contribution >= 0.6 is 0 Å². The Morgan fingerprint density at radius 2 is 2.19 bits per heavy atom. The molecule has 0 bridgehead atoms. The van der Waals surface area contributed by atoms with Crippen molar-refractivity contribution >= 4 is 5.91 Å². The van der Waals surface area contributed by atoms with Gasteiger partial charge in [0.05, 0.1) is 0 Å². The highest BCUT2D eigenvalue weighted by Gasteiger charge is 2.22. The summed E-state index contributed by atoms with van der Waals surface area (Å²) in [7, 11) is 0. The molecule has 2 N–H and O–H groups in total. The van der Waals surface area contributed by atoms with Crippen LogP contribution in [0.1, 0.15) is 40.5 Å². The van der Waals surface area contributed by atoms with E-state index in [1.807, 2.05) is 0 Å². The smallest absolute Gasteiger partial charge is 0.220 e. The average molecular weight is 226 g/mol. The first-order valence-electron chi connectivity index (χ1n) is 6.37. The molecule has 16 heavy (non-hydrogen) atoms. The van der Waals surface area contributed by atoms with E-state index in [9.17, 15) is 4.79 Å². The van der Waals surface area contributed by atoms with Gasteiger partial charge in [-0.25, -0.2) is 0 Å². The second kappa shape index (κ2) is 5.67. The van der Waals surface area contributed by atoms with Gasteiger partial charge in [0.15, 0.2) is 0 Å². The maximum atomic E-state index is 11.7. The summed E-state index contributed by atoms with van der Waals surface area (Å²) in [6.07, 6.45) is 1.83. The molecule has 0 spiro atoms. The van der Waals surface area contributed by atoms with E-state index in [2.05, 4.69) is 38.3 Å². The van der Waals surface area contributed by atoms with Crippen molar-refractivity contribution in [2.45, 2.75) is 40.5 Å². The standard InChI is InChI=1S/C13H26N2O/c1-10(13(2,3)4)8-15-12(16)7-11-5-6-14-9-11/h10-11,14H,5-9H2,1-4H3,(H,15,16). The minimum Gasteiger partial charge on any atom is -0.356 e. The Morgan fingerprint density at radius 3 is 2.69 bits per heavy atom. The summed E-state index contributed by atoms with van der Waals surface area (Å²) in [4.78, 5) is 11.7. The van der Waals surface area contributed by atoms with Crippen LogP contribution in [0.3, 0.4) is 0 Å². The molecule has 1 heterocycles. The first kappa shape index (κ1) is 13.5. The van der Waals surface area contributed by atoms with Crippen molar-refractivity contribution in [1.82, 2.24) is 10.6 Å². The van der Waals surface area contributed by atoms with Gasteiger partial charge < -0.3 is 10.6 Å². The maximum absolute atomic E-state index is 11.7. The molecule has 2 atom stereocenters. The van der Waals surface area contributed by atoms with Gasteiger partial charge in [0.2, 0.25) is 5.91 Å². The van der Waals surface area contributed by atoms with Gasteiger partial charge in [-0.05, 0) is 36.8 Å². The van der Waals surface area contributed by atoms with Crippen molar-refractivity contribution in [1.29, 1.82) is 0 Å². The average Bonchev–Trinajstić information content (AvgIpc) is 2.65. The number of amides is 1. The first-order valence-corrected chi connectivity index (χ1v) is 6.37. The fourth-order valence-electron chi connectivity index (χ4n) is 1.80. The van der Waals surface area contributed by atoms with Crippen LogP contribution in [0, 0.1) is 17.3 Å². The van der Waals surface area contributed by atoms with Gasteiger partial charge in [-0.3, -0.25) is 4.79 Å². The molecule has 94 valence electrons. The van der Waals surface area contributed by atoms with E-state index in [-0.39, 0.29) is 11.3 Å². The van der Waals surface area contributed by atoms with Crippen molar-refractivity contribution in [3.8, 4) is 0 Å². The SMILES string of the molecule is CC(CNC(=O)CC1CCNC1)C(C)(C)C. The Morgan fingerprint density at radius 1 is 1.50 bits per heavy atom. The van der Waals surface area contributed by atoms with E-state index in [0.717, 1.165) is 26.1 Å². The number of nitrogens with one attached hydrogen (secondary N) is 2. The number of hydrogen-bond donors (Lipinski definition) is 2. The molecule has 0 aromatic heterocycles. The third-order valence-corrected chi connectivity index (χ3v) is 3.72. The third kappa shape index (κ3) is 4.52. The molecule has 2 unspecified atom stereocenters. The van der Waals surface area contributed by atoms with Crippen molar-refractivity contribution in [2.24, 2.45) is 17.3 Å². The highest BCUT2D eigenvalue weighted by molar-refractivity contribution is 5.76. The van der Waals surface area contributed by atoms with Crippen LogP contribution < -0.4 is 10.6 Å². The van der Waals surface area contributed by atoms with Crippen LogP contribution in [0.5, 0.6) is 0 Å². The van der Waals surface area contributed by atoms with Gasteiger partial charge in [-0.15, -0.1) is 0 Å². The topological polar surface area (TPSA) is 41.1 Å². The van der Waals surface area contributed by atoms with Gasteiger partial charge in [-0.2, -0.15) is 0 Å². The number of carbonyl (C=O) groups excluding carboxylic acids is 1. The van der Waals surface area contributed by atoms with Gasteiger partial charge in [-0.1, -0.05) is 27.7 Å². The minimum atomic E-state index is 0.213. The third-order valence-electron chi connectivity index (χ3n) is 3.72. The lowest BCUT2D eigenvalue weighted by molar-refractivity contribution is -0.122. The maximum Gasteiger partial charge on any atom is 0.220 e. The molecule has 0 radical (unpaired) electrons. The number of carbonyl (C=O) groups is 1. The molecule has 0 saturated carbocycles. The van der Waals surface area contributed by atoms with Gasteiger partial charge in [0.25, 0.3) is 0 Å². The molecular weight excluding hydrogens is 200 g/mol. The van der Waals surface area contributed by atoms with E-state index in [1.165, 1.54) is 0 Å². The van der Waals surface area contributed by atoms with Crippen LogP contribution in [0.15, 0.2) is 0 Å². The molecular formula is C13H26N2O. The number of rotatable bonds is 4. The summed E-state index contributed by atoms with van der Waals surface area (Å²) in [6, 6.07) is 0. The van der Waals surface area contributed by atoms with Crippen LogP contribution in [0.2, 0.25) is 0 Å². The zero-order chi connectivity index (χ0) is 12.2. The Labute approximate surface area is 99.4 Å². The zero-order valence-electron chi connectivity index (χ0n) is 11.1.